The fourth-order valence-electron chi connectivity index (χ4n) is 2.31. The predicted octanol–water partition coefficient (Wildman–Crippen LogP) is 2.23. The average molecular weight is 401 g/mol. The number of hydrogen-bond donors (Lipinski definition) is 3. The molecule has 5 N–H and O–H groups in total. The van der Waals surface area contributed by atoms with E-state index in [0.29, 0.717) is 12.4 Å². The van der Waals surface area contributed by atoms with E-state index >= 15 is 0 Å². The van der Waals surface area contributed by atoms with Crippen LogP contribution in [0.15, 0.2) is 37.0 Å². The van der Waals surface area contributed by atoms with Crippen molar-refractivity contribution < 1.29 is 4.79 Å². The van der Waals surface area contributed by atoms with Crippen LogP contribution in [0.5, 0.6) is 0 Å². The van der Waals surface area contributed by atoms with Crippen LogP contribution >= 0.6 is 0 Å². The Balaban J connectivity index is 0.000000606. The van der Waals surface area contributed by atoms with Gasteiger partial charge in [-0.3, -0.25) is 4.90 Å². The summed E-state index contributed by atoms with van der Waals surface area (Å²) in [5.41, 5.74) is 15.1. The van der Waals surface area contributed by atoms with E-state index in [1.54, 1.807) is 6.20 Å². The molecule has 0 aliphatic rings. The second kappa shape index (κ2) is 15.3. The number of rotatable bonds is 8. The van der Waals surface area contributed by atoms with Gasteiger partial charge in [0.2, 0.25) is 0 Å². The molecule has 29 heavy (non-hydrogen) atoms. The number of aromatic nitrogens is 2. The molecule has 2 aromatic rings. The Labute approximate surface area is 175 Å². The third-order valence-electron chi connectivity index (χ3n) is 4.00. The van der Waals surface area contributed by atoms with Gasteiger partial charge in [-0.15, -0.1) is 0 Å². The highest BCUT2D eigenvalue weighted by Gasteiger charge is 2.05. The number of likely N-dealkylation sites (N-methyl/N-ethyl adjacent to an activating group) is 2. The van der Waals surface area contributed by atoms with Gasteiger partial charge in [-0.1, -0.05) is 13.5 Å². The molecule has 0 radical (unpaired) electrons. The van der Waals surface area contributed by atoms with Crippen molar-refractivity contribution in [1.29, 1.82) is 0 Å². The summed E-state index contributed by atoms with van der Waals surface area (Å²) < 4.78 is 0. The molecule has 2 rings (SSSR count). The molecule has 1 aromatic carbocycles. The Hall–Kier alpha value is -2.61. The highest BCUT2D eigenvalue weighted by molar-refractivity contribution is 5.65. The van der Waals surface area contributed by atoms with E-state index < -0.39 is 0 Å². The van der Waals surface area contributed by atoms with Crippen molar-refractivity contribution in [3.05, 3.63) is 48.3 Å². The van der Waals surface area contributed by atoms with E-state index in [-0.39, 0.29) is 0 Å². The summed E-state index contributed by atoms with van der Waals surface area (Å²) >= 11 is 0. The second-order valence-corrected chi connectivity index (χ2v) is 6.35. The van der Waals surface area contributed by atoms with E-state index in [4.69, 9.17) is 5.73 Å². The summed E-state index contributed by atoms with van der Waals surface area (Å²) in [6.45, 7) is 10.3. The summed E-state index contributed by atoms with van der Waals surface area (Å²) in [5.74, 6) is 0.713. The number of nitrogens with zero attached hydrogens (tertiary/aromatic N) is 3. The molecule has 1 heterocycles. The molecule has 0 unspecified atom stereocenters. The minimum absolute atomic E-state index is 0.529. The molecular weight excluding hydrogens is 364 g/mol. The molecule has 7 heteroatoms. The standard InChI is InChI=1S/C15H17N3.C6H14N2O.CH5N/c1-4-11-9-12(5-6-13(11)16)15-17-8-7-14(18-15)10(2)3;1-7-3-4-8(2)5-6-9;1-2/h5-9H,2,4,16H2,1,3H3;6-7H,3-5H2,1-2H3;2H2,1H3. The van der Waals surface area contributed by atoms with Crippen LogP contribution in [0.2, 0.25) is 0 Å². The molecule has 0 bridgehead atoms. The summed E-state index contributed by atoms with van der Waals surface area (Å²) in [4.78, 5) is 20.7. The summed E-state index contributed by atoms with van der Waals surface area (Å²) in [6.07, 6.45) is 3.57. The molecule has 160 valence electrons. The maximum absolute atomic E-state index is 9.92. The lowest BCUT2D eigenvalue weighted by molar-refractivity contribution is -0.108. The van der Waals surface area contributed by atoms with Gasteiger partial charge in [0.25, 0.3) is 0 Å². The van der Waals surface area contributed by atoms with Gasteiger partial charge in [-0.2, -0.15) is 0 Å². The third kappa shape index (κ3) is 9.94. The molecule has 0 spiro atoms. The number of nitrogens with two attached hydrogens (primary N) is 2. The van der Waals surface area contributed by atoms with Gasteiger partial charge < -0.3 is 21.6 Å². The minimum Gasteiger partial charge on any atom is -0.399 e. The molecule has 0 aliphatic carbocycles. The van der Waals surface area contributed by atoms with Crippen LogP contribution in [0, 0.1) is 0 Å². The predicted molar refractivity (Wildman–Crippen MR) is 124 cm³/mol. The maximum atomic E-state index is 9.92. The van der Waals surface area contributed by atoms with Gasteiger partial charge in [0.15, 0.2) is 5.82 Å². The third-order valence-corrected chi connectivity index (χ3v) is 4.00. The number of carbonyl (C=O) groups is 1. The Morgan fingerprint density at radius 2 is 2.00 bits per heavy atom. The highest BCUT2D eigenvalue weighted by Crippen LogP contribution is 2.22. The van der Waals surface area contributed by atoms with Crippen LogP contribution in [0.25, 0.3) is 17.0 Å². The van der Waals surface area contributed by atoms with E-state index in [0.717, 1.165) is 53.9 Å². The van der Waals surface area contributed by atoms with Gasteiger partial charge in [-0.05, 0) is 69.9 Å². The smallest absolute Gasteiger partial charge is 0.159 e. The molecule has 0 fully saturated rings. The van der Waals surface area contributed by atoms with Gasteiger partial charge in [0.05, 0.1) is 12.2 Å². The van der Waals surface area contributed by atoms with Gasteiger partial charge >= 0.3 is 0 Å². The number of nitrogen functional groups attached to an aromatic ring is 1. The van der Waals surface area contributed by atoms with Crippen molar-refractivity contribution in [3.63, 3.8) is 0 Å². The number of aldehydes is 1. The number of hydrogen-bond acceptors (Lipinski definition) is 7. The summed E-state index contributed by atoms with van der Waals surface area (Å²) in [5, 5.41) is 3.00. The summed E-state index contributed by atoms with van der Waals surface area (Å²) in [7, 11) is 5.32. The quantitative estimate of drug-likeness (QED) is 0.460. The number of carbonyl (C=O) groups excluding carboxylic acids is 1. The van der Waals surface area contributed by atoms with Crippen molar-refractivity contribution in [2.45, 2.75) is 20.3 Å². The zero-order valence-electron chi connectivity index (χ0n) is 18.4. The van der Waals surface area contributed by atoms with Crippen LogP contribution in [0.3, 0.4) is 0 Å². The van der Waals surface area contributed by atoms with Crippen LogP contribution in [-0.4, -0.2) is 61.9 Å². The average Bonchev–Trinajstić information content (AvgIpc) is 2.75. The monoisotopic (exact) mass is 400 g/mol. The zero-order chi connectivity index (χ0) is 22.2. The second-order valence-electron chi connectivity index (χ2n) is 6.35. The van der Waals surface area contributed by atoms with E-state index in [1.165, 1.54) is 7.05 Å². The summed E-state index contributed by atoms with van der Waals surface area (Å²) in [6, 6.07) is 7.77. The maximum Gasteiger partial charge on any atom is 0.159 e. The number of allylic oxidation sites excluding steroid dienone is 1. The first-order valence-corrected chi connectivity index (χ1v) is 9.65. The van der Waals surface area contributed by atoms with Crippen molar-refractivity contribution in [1.82, 2.24) is 20.2 Å². The number of nitrogens with one attached hydrogen (secondary N) is 1. The van der Waals surface area contributed by atoms with E-state index in [1.807, 2.05) is 50.2 Å². The van der Waals surface area contributed by atoms with Gasteiger partial charge in [-0.25, -0.2) is 9.97 Å². The minimum atomic E-state index is 0.529. The Kier molecular flexibility index (Phi) is 13.9. The topological polar surface area (TPSA) is 110 Å². The molecule has 0 atom stereocenters. The van der Waals surface area contributed by atoms with Crippen LogP contribution in [0.1, 0.15) is 25.1 Å². The van der Waals surface area contributed by atoms with Gasteiger partial charge in [0.1, 0.15) is 6.29 Å². The lowest BCUT2D eigenvalue weighted by Gasteiger charge is -2.11. The molecule has 1 aromatic heterocycles. The van der Waals surface area contributed by atoms with Crippen molar-refractivity contribution in [2.24, 2.45) is 5.73 Å². The van der Waals surface area contributed by atoms with Crippen molar-refractivity contribution in [2.75, 3.05) is 46.5 Å². The van der Waals surface area contributed by atoms with Gasteiger partial charge in [0, 0.05) is 30.5 Å². The SMILES string of the molecule is C=C(C)c1ccnc(-c2ccc(N)c(CC)c2)n1.CN.CNCCN(C)CC=O. The number of anilines is 1. The van der Waals surface area contributed by atoms with E-state index in [2.05, 4.69) is 34.5 Å². The van der Waals surface area contributed by atoms with Crippen LogP contribution < -0.4 is 16.8 Å². The Morgan fingerprint density at radius 1 is 1.31 bits per heavy atom. The van der Waals surface area contributed by atoms with Crippen LogP contribution in [0.4, 0.5) is 5.69 Å². The van der Waals surface area contributed by atoms with Crippen molar-refractivity contribution >= 4 is 17.5 Å². The molecule has 0 aliphatic heterocycles. The van der Waals surface area contributed by atoms with Crippen molar-refractivity contribution in [3.8, 4) is 11.4 Å². The number of benzene rings is 1. The first kappa shape index (κ1) is 26.4. The normalized spacial score (nSPS) is 9.76. The Morgan fingerprint density at radius 3 is 2.55 bits per heavy atom. The van der Waals surface area contributed by atoms with Crippen LogP contribution in [-0.2, 0) is 11.2 Å². The fraction of sp³-hybridized carbons (Fsp3) is 0.409. The fourth-order valence-corrected chi connectivity index (χ4v) is 2.31. The highest BCUT2D eigenvalue weighted by atomic mass is 16.1. The largest absolute Gasteiger partial charge is 0.399 e. The molecule has 0 saturated carbocycles. The molecular formula is C22H36N6O. The lowest BCUT2D eigenvalue weighted by Crippen LogP contribution is -2.28. The van der Waals surface area contributed by atoms with E-state index in [9.17, 15) is 4.79 Å². The first-order chi connectivity index (χ1) is 13.9. The lowest BCUT2D eigenvalue weighted by atomic mass is 10.1. The molecule has 7 nitrogen and oxygen atoms in total. The Bertz CT molecular complexity index is 748. The molecule has 0 amide bonds. The number of aryl methyl sites for hydroxylation is 1. The first-order valence-electron chi connectivity index (χ1n) is 9.65. The zero-order valence-corrected chi connectivity index (χ0v) is 18.4. The molecule has 0 saturated heterocycles.